The molecule has 0 saturated carbocycles. The molecule has 0 radical (unpaired) electrons. The highest BCUT2D eigenvalue weighted by Gasteiger charge is 2.06. The summed E-state index contributed by atoms with van der Waals surface area (Å²) in [7, 11) is 0. The summed E-state index contributed by atoms with van der Waals surface area (Å²) in [5, 5.41) is 5.66. The first-order valence-electron chi connectivity index (χ1n) is 9.68. The van der Waals surface area contributed by atoms with Crippen LogP contribution in [0, 0.1) is 0 Å². The lowest BCUT2D eigenvalue weighted by molar-refractivity contribution is -0.111. The van der Waals surface area contributed by atoms with E-state index in [0.29, 0.717) is 34.8 Å². The van der Waals surface area contributed by atoms with Gasteiger partial charge in [-0.3, -0.25) is 4.79 Å². The Morgan fingerprint density at radius 1 is 0.781 bits per heavy atom. The Morgan fingerprint density at radius 3 is 2.22 bits per heavy atom. The van der Waals surface area contributed by atoms with Gasteiger partial charge in [0.25, 0.3) is 0 Å². The number of pyridine rings is 1. The first-order valence-corrected chi connectivity index (χ1v) is 9.68. The van der Waals surface area contributed by atoms with Crippen molar-refractivity contribution in [2.75, 3.05) is 10.6 Å². The number of hydrogen-bond donors (Lipinski definition) is 2. The van der Waals surface area contributed by atoms with E-state index >= 15 is 0 Å². The predicted molar refractivity (Wildman–Crippen MR) is 121 cm³/mol. The van der Waals surface area contributed by atoms with E-state index in [4.69, 9.17) is 9.47 Å². The Labute approximate surface area is 184 Å². The van der Waals surface area contributed by atoms with E-state index < -0.39 is 0 Å². The molecule has 1 amide bonds. The number of hydrogen-bond acceptors (Lipinski definition) is 7. The lowest BCUT2D eigenvalue weighted by atomic mass is 10.3. The van der Waals surface area contributed by atoms with Crippen molar-refractivity contribution in [3.05, 3.63) is 97.8 Å². The van der Waals surface area contributed by atoms with Gasteiger partial charge < -0.3 is 20.1 Å². The molecule has 2 aromatic heterocycles. The molecule has 0 aliphatic heterocycles. The summed E-state index contributed by atoms with van der Waals surface area (Å²) in [6.07, 6.45) is 2.56. The molecule has 8 heteroatoms. The number of para-hydroxylation sites is 1. The number of aromatic nitrogens is 3. The van der Waals surface area contributed by atoms with Gasteiger partial charge in [0.2, 0.25) is 11.8 Å². The van der Waals surface area contributed by atoms with Crippen LogP contribution in [0.2, 0.25) is 0 Å². The first kappa shape index (κ1) is 20.5. The number of benzene rings is 2. The smallest absolute Gasteiger partial charge is 0.248 e. The van der Waals surface area contributed by atoms with E-state index in [1.54, 1.807) is 36.4 Å². The molecule has 2 N–H and O–H groups in total. The van der Waals surface area contributed by atoms with Crippen molar-refractivity contribution < 1.29 is 14.3 Å². The summed E-state index contributed by atoms with van der Waals surface area (Å²) in [6.45, 7) is 3.42. The van der Waals surface area contributed by atoms with Gasteiger partial charge in [0, 0.05) is 6.07 Å². The van der Waals surface area contributed by atoms with Crippen LogP contribution in [0.15, 0.2) is 97.8 Å². The summed E-state index contributed by atoms with van der Waals surface area (Å²) in [4.78, 5) is 24.1. The van der Waals surface area contributed by atoms with Crippen LogP contribution in [0.4, 0.5) is 17.5 Å². The Balaban J connectivity index is 1.40. The lowest BCUT2D eigenvalue weighted by Gasteiger charge is -2.09. The van der Waals surface area contributed by atoms with Crippen LogP contribution in [0.5, 0.6) is 23.1 Å². The first-order chi connectivity index (χ1) is 15.7. The third-order valence-corrected chi connectivity index (χ3v) is 4.11. The van der Waals surface area contributed by atoms with Gasteiger partial charge in [-0.15, -0.1) is 0 Å². The molecule has 8 nitrogen and oxygen atoms in total. The topological polar surface area (TPSA) is 98.3 Å². The molecule has 32 heavy (non-hydrogen) atoms. The highest BCUT2D eigenvalue weighted by atomic mass is 16.5. The van der Waals surface area contributed by atoms with Crippen molar-refractivity contribution in [2.24, 2.45) is 0 Å². The van der Waals surface area contributed by atoms with E-state index in [9.17, 15) is 4.79 Å². The zero-order chi connectivity index (χ0) is 22.2. The van der Waals surface area contributed by atoms with Crippen LogP contribution in [0.1, 0.15) is 0 Å². The van der Waals surface area contributed by atoms with Gasteiger partial charge in [0.05, 0.1) is 0 Å². The fraction of sp³-hybridized carbons (Fsp3) is 0. The second-order valence-electron chi connectivity index (χ2n) is 6.46. The van der Waals surface area contributed by atoms with Gasteiger partial charge in [0.15, 0.2) is 0 Å². The third kappa shape index (κ3) is 5.67. The van der Waals surface area contributed by atoms with E-state index in [-0.39, 0.29) is 5.91 Å². The Kier molecular flexibility index (Phi) is 6.33. The summed E-state index contributed by atoms with van der Waals surface area (Å²) in [5.41, 5.74) is 0. The van der Waals surface area contributed by atoms with Gasteiger partial charge in [0.1, 0.15) is 41.0 Å². The highest BCUT2D eigenvalue weighted by molar-refractivity contribution is 5.98. The van der Waals surface area contributed by atoms with Crippen molar-refractivity contribution in [1.29, 1.82) is 0 Å². The number of anilines is 3. The number of carbonyl (C=O) groups excluding carboxylic acids is 1. The Hall–Kier alpha value is -4.72. The molecule has 0 unspecified atom stereocenters. The molecule has 2 aromatic carbocycles. The maximum absolute atomic E-state index is 11.4. The summed E-state index contributed by atoms with van der Waals surface area (Å²) >= 11 is 0. The Morgan fingerprint density at radius 2 is 1.47 bits per heavy atom. The number of carbonyl (C=O) groups is 1. The summed E-state index contributed by atoms with van der Waals surface area (Å²) in [6, 6.07) is 23.6. The maximum Gasteiger partial charge on any atom is 0.248 e. The number of nitrogens with one attached hydrogen (secondary N) is 2. The standard InChI is InChI=1S/C24H19N5O3/c1-2-23(30)29-21-10-6-9-20(27-21)28-22-15-24(26-16-25-22)32-19-13-11-18(12-14-19)31-17-7-4-3-5-8-17/h2-16H,1H2,(H2,25,26,27,28,29,30). The number of nitrogens with zero attached hydrogens (tertiary/aromatic N) is 3. The molecule has 0 aliphatic rings. The molecular weight excluding hydrogens is 406 g/mol. The van der Waals surface area contributed by atoms with E-state index in [1.165, 1.54) is 12.4 Å². The molecule has 2 heterocycles. The molecule has 158 valence electrons. The monoisotopic (exact) mass is 425 g/mol. The zero-order valence-electron chi connectivity index (χ0n) is 16.9. The predicted octanol–water partition coefficient (Wildman–Crippen LogP) is 5.32. The molecule has 0 aliphatic carbocycles. The Bertz CT molecular complexity index is 1210. The molecule has 4 rings (SSSR count). The minimum Gasteiger partial charge on any atom is -0.457 e. The zero-order valence-corrected chi connectivity index (χ0v) is 16.9. The van der Waals surface area contributed by atoms with Crippen molar-refractivity contribution in [2.45, 2.75) is 0 Å². The minimum atomic E-state index is -0.340. The molecule has 0 atom stereocenters. The van der Waals surface area contributed by atoms with Gasteiger partial charge in [-0.05, 0) is 54.6 Å². The summed E-state index contributed by atoms with van der Waals surface area (Å²) in [5.74, 6) is 3.45. The minimum absolute atomic E-state index is 0.340. The molecule has 0 spiro atoms. The number of ether oxygens (including phenoxy) is 2. The van der Waals surface area contributed by atoms with Crippen LogP contribution >= 0.6 is 0 Å². The van der Waals surface area contributed by atoms with Crippen LogP contribution in [-0.2, 0) is 4.79 Å². The molecule has 4 aromatic rings. The van der Waals surface area contributed by atoms with E-state index in [2.05, 4.69) is 32.2 Å². The number of amides is 1. The second-order valence-corrected chi connectivity index (χ2v) is 6.46. The fourth-order valence-electron chi connectivity index (χ4n) is 2.67. The quantitative estimate of drug-likeness (QED) is 0.368. The summed E-state index contributed by atoms with van der Waals surface area (Å²) < 4.78 is 11.6. The fourth-order valence-corrected chi connectivity index (χ4v) is 2.67. The lowest BCUT2D eigenvalue weighted by Crippen LogP contribution is -2.09. The van der Waals surface area contributed by atoms with Crippen LogP contribution in [0.25, 0.3) is 0 Å². The van der Waals surface area contributed by atoms with Crippen LogP contribution in [-0.4, -0.2) is 20.9 Å². The van der Waals surface area contributed by atoms with E-state index in [0.717, 1.165) is 5.75 Å². The average molecular weight is 425 g/mol. The van der Waals surface area contributed by atoms with Gasteiger partial charge >= 0.3 is 0 Å². The van der Waals surface area contributed by atoms with Crippen molar-refractivity contribution in [3.63, 3.8) is 0 Å². The van der Waals surface area contributed by atoms with Crippen molar-refractivity contribution in [1.82, 2.24) is 15.0 Å². The SMILES string of the molecule is C=CC(=O)Nc1cccc(Nc2cc(Oc3ccc(Oc4ccccc4)cc3)ncn2)n1. The molecule has 0 bridgehead atoms. The van der Waals surface area contributed by atoms with E-state index in [1.807, 2.05) is 42.5 Å². The average Bonchev–Trinajstić information content (AvgIpc) is 2.81. The molecule has 0 saturated heterocycles. The van der Waals surface area contributed by atoms with Crippen molar-refractivity contribution >= 4 is 23.4 Å². The maximum atomic E-state index is 11.4. The van der Waals surface area contributed by atoms with Crippen LogP contribution in [0.3, 0.4) is 0 Å². The molecular formula is C24H19N5O3. The van der Waals surface area contributed by atoms with Gasteiger partial charge in [-0.1, -0.05) is 30.8 Å². The highest BCUT2D eigenvalue weighted by Crippen LogP contribution is 2.27. The largest absolute Gasteiger partial charge is 0.457 e. The van der Waals surface area contributed by atoms with Gasteiger partial charge in [-0.2, -0.15) is 0 Å². The van der Waals surface area contributed by atoms with Crippen LogP contribution < -0.4 is 20.1 Å². The second kappa shape index (κ2) is 9.86. The normalized spacial score (nSPS) is 10.1. The van der Waals surface area contributed by atoms with Crippen molar-refractivity contribution in [3.8, 4) is 23.1 Å². The van der Waals surface area contributed by atoms with Gasteiger partial charge in [-0.25, -0.2) is 15.0 Å². The molecule has 0 fully saturated rings. The number of rotatable bonds is 8. The third-order valence-electron chi connectivity index (χ3n) is 4.11.